The molecule has 0 spiro atoms. The van der Waals surface area contributed by atoms with Gasteiger partial charge in [0.1, 0.15) is 10.7 Å². The summed E-state index contributed by atoms with van der Waals surface area (Å²) in [5, 5.41) is 30.5. The van der Waals surface area contributed by atoms with Gasteiger partial charge in [-0.2, -0.15) is 0 Å². The molecule has 2 N–H and O–H groups in total. The van der Waals surface area contributed by atoms with Crippen molar-refractivity contribution in [1.82, 2.24) is 10.5 Å². The number of para-hydroxylation sites is 1. The number of fused-ring (bicyclic) bond motifs is 1. The van der Waals surface area contributed by atoms with Gasteiger partial charge in [-0.3, -0.25) is 25.7 Å². The highest BCUT2D eigenvalue weighted by Gasteiger charge is 2.19. The van der Waals surface area contributed by atoms with Crippen LogP contribution in [0.15, 0.2) is 77.1 Å². The summed E-state index contributed by atoms with van der Waals surface area (Å²) in [5.41, 5.74) is 6.50. The average molecular weight is 435 g/mol. The first-order valence-electron chi connectivity index (χ1n) is 8.82. The number of benzene rings is 3. The van der Waals surface area contributed by atoms with Crippen molar-refractivity contribution in [2.75, 3.05) is 5.43 Å². The molecule has 154 valence electrons. The highest BCUT2D eigenvalue weighted by atomic mass is 32.1. The first-order chi connectivity index (χ1) is 15.0. The maximum atomic E-state index is 11.1. The summed E-state index contributed by atoms with van der Waals surface area (Å²) in [5.74, 6) is 0. The summed E-state index contributed by atoms with van der Waals surface area (Å²) >= 11 is 1.60. The van der Waals surface area contributed by atoms with E-state index in [-0.39, 0.29) is 11.4 Å². The van der Waals surface area contributed by atoms with Crippen molar-refractivity contribution in [2.45, 2.75) is 0 Å². The van der Waals surface area contributed by atoms with Crippen molar-refractivity contribution in [3.05, 3.63) is 87.0 Å². The predicted octanol–water partition coefficient (Wildman–Crippen LogP) is 5.40. The van der Waals surface area contributed by atoms with Gasteiger partial charge in [0, 0.05) is 11.6 Å². The first-order valence-corrected chi connectivity index (χ1v) is 9.63. The van der Waals surface area contributed by atoms with Crippen LogP contribution in [0.1, 0.15) is 0 Å². The number of hydrogen-bond donors (Lipinski definition) is 2. The van der Waals surface area contributed by atoms with Crippen LogP contribution in [-0.2, 0) is 0 Å². The van der Waals surface area contributed by atoms with Crippen molar-refractivity contribution in [3.63, 3.8) is 0 Å². The van der Waals surface area contributed by atoms with E-state index >= 15 is 0 Å². The van der Waals surface area contributed by atoms with Crippen LogP contribution in [0, 0.1) is 20.2 Å². The molecule has 0 aliphatic rings. The van der Waals surface area contributed by atoms with Gasteiger partial charge in [0.05, 0.1) is 31.8 Å². The largest absolute Gasteiger partial charge is 0.301 e. The minimum absolute atomic E-state index is 0.0146. The fourth-order valence-corrected chi connectivity index (χ4v) is 3.70. The zero-order valence-electron chi connectivity index (χ0n) is 15.6. The van der Waals surface area contributed by atoms with Crippen LogP contribution >= 0.6 is 11.3 Å². The lowest BCUT2D eigenvalue weighted by Crippen LogP contribution is -2.15. The molecule has 4 rings (SSSR count). The zero-order valence-corrected chi connectivity index (χ0v) is 16.4. The molecule has 0 amide bonds. The molecule has 1 aromatic heterocycles. The molecule has 0 aliphatic heterocycles. The molecule has 0 saturated carbocycles. The van der Waals surface area contributed by atoms with Crippen molar-refractivity contribution in [3.8, 4) is 10.6 Å². The van der Waals surface area contributed by atoms with Crippen LogP contribution in [0.2, 0.25) is 0 Å². The zero-order chi connectivity index (χ0) is 21.8. The van der Waals surface area contributed by atoms with Gasteiger partial charge in [-0.25, -0.2) is 10.5 Å². The number of rotatable bonds is 7. The number of nitro groups is 2. The number of anilines is 1. The molecule has 0 radical (unpaired) electrons. The van der Waals surface area contributed by atoms with Crippen LogP contribution in [0.4, 0.5) is 22.7 Å². The molecule has 3 aromatic carbocycles. The molecule has 0 fully saturated rings. The molecule has 0 unspecified atom stereocenters. The van der Waals surface area contributed by atoms with E-state index in [0.29, 0.717) is 5.69 Å². The molecular formula is C19H13N7O4S. The number of hydrogen-bond acceptors (Lipinski definition) is 9. The lowest BCUT2D eigenvalue weighted by molar-refractivity contribution is -0.393. The van der Waals surface area contributed by atoms with Gasteiger partial charge >= 0.3 is 5.69 Å². The van der Waals surface area contributed by atoms with Crippen LogP contribution in [0.3, 0.4) is 0 Å². The summed E-state index contributed by atoms with van der Waals surface area (Å²) in [6.45, 7) is 0. The summed E-state index contributed by atoms with van der Waals surface area (Å²) in [6.07, 6.45) is 0. The van der Waals surface area contributed by atoms with E-state index in [9.17, 15) is 20.2 Å². The molecule has 0 bridgehead atoms. The number of nitrogens with zero attached hydrogens (tertiary/aromatic N) is 5. The summed E-state index contributed by atoms with van der Waals surface area (Å²) in [7, 11) is 0. The maximum Gasteiger partial charge on any atom is 0.301 e. The van der Waals surface area contributed by atoms with Crippen LogP contribution < -0.4 is 11.0 Å². The molecule has 0 aliphatic carbocycles. The van der Waals surface area contributed by atoms with Gasteiger partial charge in [0.25, 0.3) is 5.69 Å². The second-order valence-electron chi connectivity index (χ2n) is 6.19. The Morgan fingerprint density at radius 3 is 2.42 bits per heavy atom. The lowest BCUT2D eigenvalue weighted by Gasteiger charge is -2.04. The van der Waals surface area contributed by atoms with Crippen molar-refractivity contribution in [1.29, 1.82) is 0 Å². The summed E-state index contributed by atoms with van der Waals surface area (Å²) in [6, 6.07) is 18.4. The SMILES string of the molecule is O=[N+]([O-])c1ccc(NNN=Nc2ccc(-c3nc4ccccc4s3)cc2)c([N+](=O)[O-])c1. The summed E-state index contributed by atoms with van der Waals surface area (Å²) < 4.78 is 1.11. The topological polar surface area (TPSA) is 148 Å². The number of non-ortho nitro benzene ring substituents is 1. The predicted molar refractivity (Wildman–Crippen MR) is 116 cm³/mol. The highest BCUT2D eigenvalue weighted by Crippen LogP contribution is 2.31. The maximum absolute atomic E-state index is 11.1. The van der Waals surface area contributed by atoms with E-state index in [0.717, 1.165) is 32.9 Å². The third-order valence-corrected chi connectivity index (χ3v) is 5.29. The molecule has 4 aromatic rings. The van der Waals surface area contributed by atoms with E-state index in [4.69, 9.17) is 0 Å². The van der Waals surface area contributed by atoms with E-state index in [1.165, 1.54) is 6.07 Å². The van der Waals surface area contributed by atoms with Crippen molar-refractivity contribution in [2.24, 2.45) is 10.3 Å². The Bertz CT molecular complexity index is 1270. The second kappa shape index (κ2) is 8.51. The fourth-order valence-electron chi connectivity index (χ4n) is 2.72. The van der Waals surface area contributed by atoms with Crippen molar-refractivity contribution >= 4 is 44.3 Å². The van der Waals surface area contributed by atoms with Gasteiger partial charge in [0.15, 0.2) is 0 Å². The van der Waals surface area contributed by atoms with Crippen LogP contribution in [0.5, 0.6) is 0 Å². The molecule has 11 nitrogen and oxygen atoms in total. The molecule has 31 heavy (non-hydrogen) atoms. The smallest absolute Gasteiger partial charge is 0.277 e. The molecular weight excluding hydrogens is 422 g/mol. The number of nitrogens with one attached hydrogen (secondary N) is 2. The van der Waals surface area contributed by atoms with E-state index < -0.39 is 15.5 Å². The van der Waals surface area contributed by atoms with E-state index in [2.05, 4.69) is 26.3 Å². The van der Waals surface area contributed by atoms with Gasteiger partial charge in [0.2, 0.25) is 0 Å². The van der Waals surface area contributed by atoms with Gasteiger partial charge in [-0.15, -0.1) is 16.5 Å². The quantitative estimate of drug-likeness (QED) is 0.224. The molecule has 0 saturated heterocycles. The Hall–Kier alpha value is -4.45. The Labute approximate surface area is 178 Å². The number of nitro benzene ring substituents is 2. The number of thiazole rings is 1. The Balaban J connectivity index is 1.41. The average Bonchev–Trinajstić information content (AvgIpc) is 3.21. The standard InChI is InChI=1S/C19H13N7O4S/c27-25(28)14-9-10-15(17(11-14)26(29)30)22-24-23-21-13-7-5-12(6-8-13)19-20-16-3-1-2-4-18(16)31-19/h1-11H,(H,21,24)(H,22,23). The van der Waals surface area contributed by atoms with Gasteiger partial charge < -0.3 is 0 Å². The monoisotopic (exact) mass is 435 g/mol. The molecule has 12 heteroatoms. The number of hydrazine groups is 1. The minimum Gasteiger partial charge on any atom is -0.277 e. The molecule has 0 atom stereocenters. The van der Waals surface area contributed by atoms with E-state index in [1.54, 1.807) is 23.5 Å². The van der Waals surface area contributed by atoms with Crippen molar-refractivity contribution < 1.29 is 9.85 Å². The van der Waals surface area contributed by atoms with Crippen LogP contribution in [-0.4, -0.2) is 14.8 Å². The fraction of sp³-hybridized carbons (Fsp3) is 0. The molecule has 1 heterocycles. The third-order valence-electron chi connectivity index (χ3n) is 4.20. The normalized spacial score (nSPS) is 11.0. The Morgan fingerprint density at radius 1 is 0.935 bits per heavy atom. The Kier molecular flexibility index (Phi) is 5.45. The third kappa shape index (κ3) is 4.43. The van der Waals surface area contributed by atoms with Crippen LogP contribution in [0.25, 0.3) is 20.8 Å². The lowest BCUT2D eigenvalue weighted by atomic mass is 10.2. The highest BCUT2D eigenvalue weighted by molar-refractivity contribution is 7.21. The Morgan fingerprint density at radius 2 is 1.71 bits per heavy atom. The van der Waals surface area contributed by atoms with Gasteiger partial charge in [-0.05, 0) is 42.5 Å². The van der Waals surface area contributed by atoms with Gasteiger partial charge in [-0.1, -0.05) is 17.4 Å². The second-order valence-corrected chi connectivity index (χ2v) is 7.22. The minimum atomic E-state index is -0.727. The van der Waals surface area contributed by atoms with E-state index in [1.807, 2.05) is 36.4 Å². The first kappa shape index (κ1) is 19.8. The summed E-state index contributed by atoms with van der Waals surface area (Å²) in [4.78, 5) is 25.1. The number of aromatic nitrogens is 1.